The van der Waals surface area contributed by atoms with E-state index in [-0.39, 0.29) is 19.3 Å². The number of unbranched alkanes of at least 4 members (excludes halogenated alkanes) is 21. The van der Waals surface area contributed by atoms with Crippen LogP contribution in [0.4, 0.5) is 0 Å². The Kier molecular flexibility index (Phi) is 59.7. The second kappa shape index (κ2) is 62.4. The predicted molar refractivity (Wildman–Crippen MR) is 353 cm³/mol. The van der Waals surface area contributed by atoms with Gasteiger partial charge < -0.3 is 34.2 Å². The van der Waals surface area contributed by atoms with Crippen LogP contribution in [0.5, 0.6) is 0 Å². The molecular formula is C69H118O16P2. The largest absolute Gasteiger partial charge is 0.472 e. The van der Waals surface area contributed by atoms with Crippen molar-refractivity contribution in [2.24, 2.45) is 0 Å². The van der Waals surface area contributed by atoms with Gasteiger partial charge in [-0.3, -0.25) is 32.5 Å². The van der Waals surface area contributed by atoms with Gasteiger partial charge >= 0.3 is 33.6 Å². The van der Waals surface area contributed by atoms with E-state index in [0.29, 0.717) is 25.7 Å². The molecule has 500 valence electrons. The number of carbonyl (C=O) groups excluding carboxylic acids is 3. The molecule has 87 heavy (non-hydrogen) atoms. The normalized spacial score (nSPS) is 15.0. The fourth-order valence-electron chi connectivity index (χ4n) is 8.37. The topological polar surface area (TPSA) is 231 Å². The summed E-state index contributed by atoms with van der Waals surface area (Å²) in [6, 6.07) is 0. The van der Waals surface area contributed by atoms with Crippen molar-refractivity contribution in [3.63, 3.8) is 0 Å². The van der Waals surface area contributed by atoms with E-state index in [1.807, 2.05) is 12.2 Å². The Hall–Kier alpha value is -3.79. The maximum Gasteiger partial charge on any atom is 0.472 e. The van der Waals surface area contributed by atoms with Gasteiger partial charge in [-0.2, -0.15) is 0 Å². The Morgan fingerprint density at radius 2 is 0.621 bits per heavy atom. The zero-order valence-corrected chi connectivity index (χ0v) is 55.7. The fourth-order valence-corrected chi connectivity index (χ4v) is 9.96. The lowest BCUT2D eigenvalue weighted by Gasteiger charge is -2.21. The molecule has 0 aromatic carbocycles. The molecule has 18 heteroatoms. The summed E-state index contributed by atoms with van der Waals surface area (Å²) in [6.07, 6.45) is 68.6. The average molecular weight is 1270 g/mol. The van der Waals surface area contributed by atoms with Crippen molar-refractivity contribution in [3.05, 3.63) is 109 Å². The second-order valence-electron chi connectivity index (χ2n) is 21.9. The van der Waals surface area contributed by atoms with Gasteiger partial charge in [0.15, 0.2) is 6.10 Å². The number of hydrogen-bond donors (Lipinski definition) is 4. The highest BCUT2D eigenvalue weighted by Crippen LogP contribution is 2.45. The van der Waals surface area contributed by atoms with Crippen molar-refractivity contribution >= 4 is 33.6 Å². The third-order valence-corrected chi connectivity index (χ3v) is 15.4. The van der Waals surface area contributed by atoms with Crippen molar-refractivity contribution in [1.29, 1.82) is 0 Å². The molecule has 16 nitrogen and oxygen atoms in total. The number of aliphatic hydroxyl groups excluding tert-OH is 2. The van der Waals surface area contributed by atoms with Gasteiger partial charge in [-0.15, -0.1) is 0 Å². The summed E-state index contributed by atoms with van der Waals surface area (Å²) in [5.74, 6) is -1.67. The average Bonchev–Trinajstić information content (AvgIpc) is 3.68. The van der Waals surface area contributed by atoms with Crippen LogP contribution in [0.2, 0.25) is 0 Å². The molecule has 0 aliphatic rings. The van der Waals surface area contributed by atoms with Crippen LogP contribution in [-0.4, -0.2) is 95.9 Å². The Labute approximate surface area is 526 Å². The standard InChI is InChI=1S/C69H118O16P2/c1-4-7-10-13-16-19-22-25-28-30-31-33-36-37-40-43-46-49-52-55-67(72)79-58-64(70)59-81-86(75,76)82-60-65(71)61-83-87(77,78)84-63-66(85-69(74)57-54-51-48-45-42-39-34-27-24-21-18-15-12-9-6-3)62-80-68(73)56-53-50-47-44-41-38-35-32-29-26-23-20-17-14-11-8-5-2/h8,11,16-17,19-20,25-29,31,33-35,38,44,47,64-66,70-71H,4-7,9-10,12-15,18,21-24,30,32,36-37,39-43,45-46,48-63H2,1-3H3,(H,75,76)(H,77,78)/b11-8-,19-16-,20-17-,28-25-,29-26-,33-31-,34-27-,38-35-,47-44-. The van der Waals surface area contributed by atoms with E-state index in [0.717, 1.165) is 128 Å². The highest BCUT2D eigenvalue weighted by molar-refractivity contribution is 7.47. The molecule has 0 amide bonds. The van der Waals surface area contributed by atoms with E-state index in [9.17, 15) is 43.5 Å². The molecule has 0 fully saturated rings. The third-order valence-electron chi connectivity index (χ3n) is 13.5. The van der Waals surface area contributed by atoms with E-state index in [4.69, 9.17) is 32.3 Å². The monoisotopic (exact) mass is 1260 g/mol. The van der Waals surface area contributed by atoms with Crippen LogP contribution >= 0.6 is 15.6 Å². The van der Waals surface area contributed by atoms with Crippen molar-refractivity contribution in [3.8, 4) is 0 Å². The van der Waals surface area contributed by atoms with Crippen LogP contribution in [-0.2, 0) is 55.8 Å². The van der Waals surface area contributed by atoms with Crippen LogP contribution < -0.4 is 0 Å². The molecule has 4 N–H and O–H groups in total. The number of rotatable bonds is 62. The lowest BCUT2D eigenvalue weighted by Crippen LogP contribution is -2.30. The molecule has 0 bridgehead atoms. The summed E-state index contributed by atoms with van der Waals surface area (Å²) < 4.78 is 60.7. The number of carbonyl (C=O) groups is 3. The zero-order valence-electron chi connectivity index (χ0n) is 53.9. The molecule has 0 spiro atoms. The van der Waals surface area contributed by atoms with Gasteiger partial charge in [-0.1, -0.05) is 220 Å². The van der Waals surface area contributed by atoms with E-state index in [1.54, 1.807) is 0 Å². The Bertz CT molecular complexity index is 2030. The van der Waals surface area contributed by atoms with Gasteiger partial charge in [0.1, 0.15) is 25.4 Å². The van der Waals surface area contributed by atoms with Crippen LogP contribution in [0.1, 0.15) is 252 Å². The predicted octanol–water partition coefficient (Wildman–Crippen LogP) is 18.1. The minimum atomic E-state index is -4.94. The number of phosphoric acid groups is 2. The molecule has 0 aliphatic heterocycles. The van der Waals surface area contributed by atoms with Crippen LogP contribution in [0.15, 0.2) is 109 Å². The minimum absolute atomic E-state index is 0.0801. The first-order valence-electron chi connectivity index (χ1n) is 33.2. The summed E-state index contributed by atoms with van der Waals surface area (Å²) in [6.45, 7) is 2.42. The molecule has 5 unspecified atom stereocenters. The van der Waals surface area contributed by atoms with Crippen LogP contribution in [0.3, 0.4) is 0 Å². The van der Waals surface area contributed by atoms with E-state index < -0.39 is 91.5 Å². The summed E-state index contributed by atoms with van der Waals surface area (Å²) in [5.41, 5.74) is 0. The Balaban J connectivity index is 4.75. The molecule has 0 aromatic rings. The smallest absolute Gasteiger partial charge is 0.463 e. The van der Waals surface area contributed by atoms with Gasteiger partial charge in [0.2, 0.25) is 0 Å². The number of phosphoric ester groups is 2. The summed E-state index contributed by atoms with van der Waals surface area (Å²) in [5, 5.41) is 20.5. The molecular weight excluding hydrogens is 1150 g/mol. The van der Waals surface area contributed by atoms with Crippen molar-refractivity contribution in [1.82, 2.24) is 0 Å². The van der Waals surface area contributed by atoms with E-state index in [2.05, 4.69) is 118 Å². The molecule has 0 rings (SSSR count). The number of esters is 3. The van der Waals surface area contributed by atoms with Crippen molar-refractivity contribution in [2.75, 3.05) is 39.6 Å². The van der Waals surface area contributed by atoms with Gasteiger partial charge in [-0.05, 0) is 122 Å². The lowest BCUT2D eigenvalue weighted by atomic mass is 10.1. The molecule has 0 aliphatic carbocycles. The molecule has 5 atom stereocenters. The molecule has 0 saturated carbocycles. The first-order chi connectivity index (χ1) is 42.2. The number of aliphatic hydroxyl groups is 2. The van der Waals surface area contributed by atoms with E-state index in [1.165, 1.54) is 57.8 Å². The lowest BCUT2D eigenvalue weighted by molar-refractivity contribution is -0.161. The van der Waals surface area contributed by atoms with Gasteiger partial charge in [0.05, 0.1) is 26.4 Å². The van der Waals surface area contributed by atoms with Crippen LogP contribution in [0.25, 0.3) is 0 Å². The van der Waals surface area contributed by atoms with Gasteiger partial charge in [0.25, 0.3) is 0 Å². The highest BCUT2D eigenvalue weighted by atomic mass is 31.2. The van der Waals surface area contributed by atoms with Crippen molar-refractivity contribution in [2.45, 2.75) is 270 Å². The fraction of sp³-hybridized carbons (Fsp3) is 0.696. The first kappa shape index (κ1) is 83.2. The minimum Gasteiger partial charge on any atom is -0.463 e. The third kappa shape index (κ3) is 63.6. The second-order valence-corrected chi connectivity index (χ2v) is 24.8. The Morgan fingerprint density at radius 1 is 0.333 bits per heavy atom. The quantitative estimate of drug-likeness (QED) is 0.0146. The van der Waals surface area contributed by atoms with E-state index >= 15 is 0 Å². The summed E-state index contributed by atoms with van der Waals surface area (Å²) in [4.78, 5) is 58.3. The first-order valence-corrected chi connectivity index (χ1v) is 36.2. The molecule has 0 saturated heterocycles. The van der Waals surface area contributed by atoms with Gasteiger partial charge in [-0.25, -0.2) is 9.13 Å². The molecule has 0 heterocycles. The summed E-state index contributed by atoms with van der Waals surface area (Å²) >= 11 is 0. The maximum absolute atomic E-state index is 12.9. The molecule has 0 aromatic heterocycles. The molecule has 0 radical (unpaired) electrons. The number of hydrogen-bond acceptors (Lipinski definition) is 14. The van der Waals surface area contributed by atoms with Crippen LogP contribution in [0, 0.1) is 0 Å². The van der Waals surface area contributed by atoms with Gasteiger partial charge in [0, 0.05) is 19.3 Å². The van der Waals surface area contributed by atoms with Crippen molar-refractivity contribution < 1.29 is 75.8 Å². The summed E-state index contributed by atoms with van der Waals surface area (Å²) in [7, 11) is -9.80. The zero-order chi connectivity index (χ0) is 63.8. The highest BCUT2D eigenvalue weighted by Gasteiger charge is 2.29. The SMILES string of the molecule is CC/C=C\C/C=C\C/C=C\C/C=C\C/C=C\CCCC(=O)OCC(COP(=O)(O)OCC(O)COP(=O)(O)OCC(O)COC(=O)CCCCCCCC/C=C\C/C=C\C/C=C\CCCCC)OC(=O)CCCCCCC/C=C\CCCCCCCC. The maximum atomic E-state index is 12.9. The number of ether oxygens (including phenoxy) is 3. The Morgan fingerprint density at radius 3 is 1.05 bits per heavy atom. The number of allylic oxidation sites excluding steroid dienone is 18.